The molecule has 1 atom stereocenters. The van der Waals surface area contributed by atoms with Crippen LogP contribution in [0.1, 0.15) is 31.9 Å². The van der Waals surface area contributed by atoms with E-state index in [0.29, 0.717) is 11.8 Å². The Bertz CT molecular complexity index is 824. The van der Waals surface area contributed by atoms with Gasteiger partial charge in [0.25, 0.3) is 0 Å². The Balaban J connectivity index is 2.32. The first-order valence-electron chi connectivity index (χ1n) is 8.67. The second-order valence-electron chi connectivity index (χ2n) is 6.91. The van der Waals surface area contributed by atoms with E-state index in [-0.39, 0.29) is 5.56 Å². The number of carbonyl (C=O) groups excluding carboxylic acids is 1. The first-order chi connectivity index (χ1) is 13.1. The SMILES string of the molecule is COc1ccc(CSC(C)(C)C(O)(COC(C)=O)c2ccc(F)cc2F)cc1. The van der Waals surface area contributed by atoms with Crippen molar-refractivity contribution in [2.75, 3.05) is 13.7 Å². The fourth-order valence-electron chi connectivity index (χ4n) is 2.71. The number of hydrogen-bond acceptors (Lipinski definition) is 5. The number of methoxy groups -OCH3 is 1. The normalized spacial score (nSPS) is 13.7. The van der Waals surface area contributed by atoms with Gasteiger partial charge in [-0.3, -0.25) is 4.79 Å². The van der Waals surface area contributed by atoms with Gasteiger partial charge in [0, 0.05) is 29.1 Å². The second-order valence-corrected chi connectivity index (χ2v) is 8.51. The lowest BCUT2D eigenvalue weighted by Gasteiger charge is -2.42. The number of aliphatic hydroxyl groups is 1. The van der Waals surface area contributed by atoms with Crippen LogP contribution < -0.4 is 4.74 Å². The van der Waals surface area contributed by atoms with Gasteiger partial charge in [0.2, 0.25) is 0 Å². The zero-order chi connectivity index (χ0) is 20.9. The van der Waals surface area contributed by atoms with Gasteiger partial charge in [0.1, 0.15) is 29.6 Å². The maximum atomic E-state index is 14.5. The van der Waals surface area contributed by atoms with E-state index >= 15 is 0 Å². The van der Waals surface area contributed by atoms with Crippen molar-refractivity contribution in [2.24, 2.45) is 0 Å². The predicted octanol–water partition coefficient (Wildman–Crippen LogP) is 4.44. The molecule has 2 aromatic rings. The van der Waals surface area contributed by atoms with E-state index in [0.717, 1.165) is 17.4 Å². The molecule has 0 amide bonds. The van der Waals surface area contributed by atoms with Gasteiger partial charge in [-0.1, -0.05) is 18.2 Å². The van der Waals surface area contributed by atoms with Crippen LogP contribution in [0.4, 0.5) is 8.78 Å². The largest absolute Gasteiger partial charge is 0.497 e. The Morgan fingerprint density at radius 2 is 1.79 bits per heavy atom. The Morgan fingerprint density at radius 3 is 2.32 bits per heavy atom. The molecular weight excluding hydrogens is 386 g/mol. The summed E-state index contributed by atoms with van der Waals surface area (Å²) >= 11 is 1.37. The molecule has 28 heavy (non-hydrogen) atoms. The number of thioether (sulfide) groups is 1. The summed E-state index contributed by atoms with van der Waals surface area (Å²) < 4.78 is 37.0. The van der Waals surface area contributed by atoms with Gasteiger partial charge in [-0.2, -0.15) is 0 Å². The lowest BCUT2D eigenvalue weighted by Crippen LogP contribution is -2.49. The van der Waals surface area contributed by atoms with Gasteiger partial charge in [-0.05, 0) is 37.6 Å². The minimum absolute atomic E-state index is 0.123. The molecule has 0 aliphatic carbocycles. The molecule has 0 bridgehead atoms. The van der Waals surface area contributed by atoms with E-state index in [2.05, 4.69) is 0 Å². The highest BCUT2D eigenvalue weighted by molar-refractivity contribution is 7.99. The van der Waals surface area contributed by atoms with Crippen molar-refractivity contribution in [1.29, 1.82) is 0 Å². The van der Waals surface area contributed by atoms with Gasteiger partial charge in [0.15, 0.2) is 0 Å². The fraction of sp³-hybridized carbons (Fsp3) is 0.381. The minimum atomic E-state index is -1.87. The van der Waals surface area contributed by atoms with Crippen LogP contribution in [0.25, 0.3) is 0 Å². The van der Waals surface area contributed by atoms with Crippen molar-refractivity contribution >= 4 is 17.7 Å². The molecule has 7 heteroatoms. The molecule has 2 aromatic carbocycles. The Kier molecular flexibility index (Phi) is 7.06. The molecule has 0 radical (unpaired) electrons. The van der Waals surface area contributed by atoms with E-state index in [4.69, 9.17) is 9.47 Å². The third-order valence-corrected chi connectivity index (χ3v) is 6.15. The predicted molar refractivity (Wildman–Crippen MR) is 105 cm³/mol. The number of halogens is 2. The van der Waals surface area contributed by atoms with Crippen LogP contribution in [0.2, 0.25) is 0 Å². The lowest BCUT2D eigenvalue weighted by molar-refractivity contribution is -0.151. The number of esters is 1. The molecule has 152 valence electrons. The third kappa shape index (κ3) is 5.02. The molecule has 0 heterocycles. The van der Waals surface area contributed by atoms with Gasteiger partial charge in [-0.15, -0.1) is 11.8 Å². The lowest BCUT2D eigenvalue weighted by atomic mass is 9.82. The molecule has 0 aromatic heterocycles. The van der Waals surface area contributed by atoms with E-state index in [1.54, 1.807) is 21.0 Å². The molecule has 0 aliphatic heterocycles. The average molecular weight is 410 g/mol. The van der Waals surface area contributed by atoms with Crippen LogP contribution in [-0.4, -0.2) is 29.5 Å². The molecule has 2 rings (SSSR count). The number of hydrogen-bond donors (Lipinski definition) is 1. The van der Waals surface area contributed by atoms with Crippen LogP contribution in [0.5, 0.6) is 5.75 Å². The van der Waals surface area contributed by atoms with Crippen LogP contribution in [0, 0.1) is 11.6 Å². The average Bonchev–Trinajstić information content (AvgIpc) is 2.64. The van der Waals surface area contributed by atoms with E-state index in [1.165, 1.54) is 24.8 Å². The standard InChI is InChI=1S/C21H24F2O4S/c1-14(24)27-13-21(25,18-10-7-16(22)11-19(18)23)20(2,3)28-12-15-5-8-17(26-4)9-6-15/h5-11,25H,12-13H2,1-4H3. The molecule has 0 saturated carbocycles. The molecular formula is C21H24F2O4S. The highest BCUT2D eigenvalue weighted by Gasteiger charge is 2.48. The van der Waals surface area contributed by atoms with Crippen LogP contribution in [0.3, 0.4) is 0 Å². The summed E-state index contributed by atoms with van der Waals surface area (Å²) in [7, 11) is 1.58. The van der Waals surface area contributed by atoms with Gasteiger partial charge in [-0.25, -0.2) is 8.78 Å². The van der Waals surface area contributed by atoms with Gasteiger partial charge >= 0.3 is 5.97 Å². The molecule has 0 aliphatic rings. The minimum Gasteiger partial charge on any atom is -0.497 e. The summed E-state index contributed by atoms with van der Waals surface area (Å²) in [6, 6.07) is 10.4. The van der Waals surface area contributed by atoms with Gasteiger partial charge < -0.3 is 14.6 Å². The van der Waals surface area contributed by atoms with E-state index in [1.807, 2.05) is 24.3 Å². The number of ether oxygens (including phenoxy) is 2. The molecule has 0 spiro atoms. The summed E-state index contributed by atoms with van der Waals surface area (Å²) in [5.41, 5.74) is -1.01. The topological polar surface area (TPSA) is 55.8 Å². The van der Waals surface area contributed by atoms with Crippen LogP contribution >= 0.6 is 11.8 Å². The van der Waals surface area contributed by atoms with Crippen LogP contribution in [0.15, 0.2) is 42.5 Å². The Labute approximate surface area is 167 Å². The van der Waals surface area contributed by atoms with Crippen molar-refractivity contribution < 1.29 is 28.2 Å². The maximum absolute atomic E-state index is 14.5. The number of rotatable bonds is 8. The summed E-state index contributed by atoms with van der Waals surface area (Å²) in [6.07, 6.45) is 0. The first-order valence-corrected chi connectivity index (χ1v) is 9.66. The summed E-state index contributed by atoms with van der Waals surface area (Å²) in [4.78, 5) is 11.3. The monoisotopic (exact) mass is 410 g/mol. The van der Waals surface area contributed by atoms with Crippen molar-refractivity contribution in [3.05, 3.63) is 65.2 Å². The molecule has 1 unspecified atom stereocenters. The highest BCUT2D eigenvalue weighted by atomic mass is 32.2. The number of carbonyl (C=O) groups is 1. The maximum Gasteiger partial charge on any atom is 0.302 e. The summed E-state index contributed by atoms with van der Waals surface area (Å²) in [5.74, 6) is -1.00. The third-order valence-electron chi connectivity index (χ3n) is 4.62. The molecule has 0 fully saturated rings. The smallest absolute Gasteiger partial charge is 0.302 e. The Morgan fingerprint density at radius 1 is 1.14 bits per heavy atom. The molecule has 1 N–H and O–H groups in total. The van der Waals surface area contributed by atoms with Crippen LogP contribution in [-0.2, 0) is 20.9 Å². The fourth-order valence-corrected chi connectivity index (χ4v) is 3.84. The summed E-state index contributed by atoms with van der Waals surface area (Å²) in [6.45, 7) is 4.22. The quantitative estimate of drug-likeness (QED) is 0.652. The van der Waals surface area contributed by atoms with Crippen molar-refractivity contribution in [3.8, 4) is 5.75 Å². The van der Waals surface area contributed by atoms with Crippen molar-refractivity contribution in [2.45, 2.75) is 36.9 Å². The van der Waals surface area contributed by atoms with Crippen molar-refractivity contribution in [1.82, 2.24) is 0 Å². The highest BCUT2D eigenvalue weighted by Crippen LogP contribution is 2.45. The molecule has 0 saturated heterocycles. The first kappa shape index (κ1) is 22.2. The number of benzene rings is 2. The second kappa shape index (κ2) is 8.92. The zero-order valence-corrected chi connectivity index (χ0v) is 17.1. The van der Waals surface area contributed by atoms with E-state index in [9.17, 15) is 18.7 Å². The summed E-state index contributed by atoms with van der Waals surface area (Å²) in [5, 5.41) is 11.4. The Hall–Kier alpha value is -2.12. The van der Waals surface area contributed by atoms with E-state index < -0.39 is 34.6 Å². The van der Waals surface area contributed by atoms with Gasteiger partial charge in [0.05, 0.1) is 7.11 Å². The zero-order valence-electron chi connectivity index (χ0n) is 16.3. The van der Waals surface area contributed by atoms with Crippen molar-refractivity contribution in [3.63, 3.8) is 0 Å². The molecule has 4 nitrogen and oxygen atoms in total.